The molecule has 0 saturated carbocycles. The van der Waals surface area contributed by atoms with Gasteiger partial charge in [-0.3, -0.25) is 0 Å². The van der Waals surface area contributed by atoms with Gasteiger partial charge >= 0.3 is 0 Å². The number of nitrogens with zero attached hydrogens (tertiary/aromatic N) is 2. The van der Waals surface area contributed by atoms with Crippen LogP contribution in [0.4, 0.5) is 4.39 Å². The van der Waals surface area contributed by atoms with Gasteiger partial charge in [0.2, 0.25) is 0 Å². The number of halogens is 2. The number of benzene rings is 2. The van der Waals surface area contributed by atoms with E-state index in [-0.39, 0.29) is 5.82 Å². The Morgan fingerprint density at radius 1 is 1.05 bits per heavy atom. The van der Waals surface area contributed by atoms with Crippen molar-refractivity contribution in [2.75, 3.05) is 0 Å². The van der Waals surface area contributed by atoms with Gasteiger partial charge < -0.3 is 4.57 Å². The van der Waals surface area contributed by atoms with E-state index in [9.17, 15) is 4.39 Å². The monoisotopic (exact) mass is 330 g/mol. The normalized spacial score (nSPS) is 10.7. The Labute approximate surface area is 125 Å². The summed E-state index contributed by atoms with van der Waals surface area (Å²) in [5.74, 6) is 0.630. The molecule has 0 fully saturated rings. The van der Waals surface area contributed by atoms with Gasteiger partial charge in [0.1, 0.15) is 11.6 Å². The summed E-state index contributed by atoms with van der Waals surface area (Å²) in [7, 11) is 0. The second-order valence-electron chi connectivity index (χ2n) is 4.46. The van der Waals surface area contributed by atoms with Crippen molar-refractivity contribution in [3.8, 4) is 11.4 Å². The van der Waals surface area contributed by atoms with E-state index in [4.69, 9.17) is 0 Å². The number of imidazole rings is 1. The fraction of sp³-hybridized carbons (Fsp3) is 0.0625. The van der Waals surface area contributed by atoms with Crippen molar-refractivity contribution in [2.45, 2.75) is 6.54 Å². The molecule has 0 unspecified atom stereocenters. The molecule has 20 heavy (non-hydrogen) atoms. The van der Waals surface area contributed by atoms with Gasteiger partial charge in [0.15, 0.2) is 0 Å². The molecular weight excluding hydrogens is 319 g/mol. The van der Waals surface area contributed by atoms with E-state index in [1.165, 1.54) is 6.07 Å². The number of hydrogen-bond acceptors (Lipinski definition) is 1. The molecule has 0 radical (unpaired) electrons. The zero-order valence-electron chi connectivity index (χ0n) is 10.6. The fourth-order valence-corrected chi connectivity index (χ4v) is 2.53. The molecule has 0 saturated heterocycles. The zero-order valence-corrected chi connectivity index (χ0v) is 12.2. The highest BCUT2D eigenvalue weighted by Gasteiger charge is 2.09. The summed E-state index contributed by atoms with van der Waals surface area (Å²) in [5.41, 5.74) is 1.94. The molecule has 0 bridgehead atoms. The molecule has 0 aliphatic rings. The number of rotatable bonds is 3. The molecular formula is C16H12BrFN2. The van der Waals surface area contributed by atoms with Crippen LogP contribution in [0, 0.1) is 5.82 Å². The molecule has 0 aliphatic heterocycles. The van der Waals surface area contributed by atoms with Gasteiger partial charge in [-0.15, -0.1) is 0 Å². The van der Waals surface area contributed by atoms with Crippen molar-refractivity contribution in [3.63, 3.8) is 0 Å². The van der Waals surface area contributed by atoms with Crippen molar-refractivity contribution < 1.29 is 4.39 Å². The highest BCUT2D eigenvalue weighted by atomic mass is 79.9. The maximum atomic E-state index is 13.6. The quantitative estimate of drug-likeness (QED) is 0.691. The first kappa shape index (κ1) is 13.1. The summed E-state index contributed by atoms with van der Waals surface area (Å²) in [6.07, 6.45) is 3.66. The average Bonchev–Trinajstić information content (AvgIpc) is 2.93. The molecule has 3 aromatic rings. The van der Waals surface area contributed by atoms with Gasteiger partial charge in [-0.1, -0.05) is 42.5 Å². The third-order valence-corrected chi connectivity index (χ3v) is 4.01. The van der Waals surface area contributed by atoms with Crippen molar-refractivity contribution in [1.29, 1.82) is 0 Å². The van der Waals surface area contributed by atoms with Crippen molar-refractivity contribution in [2.24, 2.45) is 0 Å². The molecule has 1 aromatic heterocycles. The van der Waals surface area contributed by atoms with E-state index in [1.807, 2.05) is 47.2 Å². The van der Waals surface area contributed by atoms with E-state index in [0.717, 1.165) is 17.0 Å². The molecule has 0 N–H and O–H groups in total. The predicted octanol–water partition coefficient (Wildman–Crippen LogP) is 4.50. The van der Waals surface area contributed by atoms with Crippen LogP contribution >= 0.6 is 15.9 Å². The van der Waals surface area contributed by atoms with Crippen LogP contribution < -0.4 is 0 Å². The Morgan fingerprint density at radius 2 is 1.85 bits per heavy atom. The van der Waals surface area contributed by atoms with Crippen LogP contribution in [0.15, 0.2) is 65.4 Å². The Bertz CT molecular complexity index is 722. The van der Waals surface area contributed by atoms with Gasteiger partial charge in [-0.25, -0.2) is 9.37 Å². The zero-order chi connectivity index (χ0) is 13.9. The molecule has 4 heteroatoms. The molecule has 3 rings (SSSR count). The first-order chi connectivity index (χ1) is 9.75. The van der Waals surface area contributed by atoms with Crippen LogP contribution in [0.5, 0.6) is 0 Å². The molecule has 1 heterocycles. The van der Waals surface area contributed by atoms with Gasteiger partial charge in [0.25, 0.3) is 0 Å². The lowest BCUT2D eigenvalue weighted by Gasteiger charge is -2.10. The first-order valence-corrected chi connectivity index (χ1v) is 7.04. The average molecular weight is 331 g/mol. The van der Waals surface area contributed by atoms with Crippen molar-refractivity contribution >= 4 is 15.9 Å². The van der Waals surface area contributed by atoms with Gasteiger partial charge in [0.05, 0.1) is 11.0 Å². The van der Waals surface area contributed by atoms with Crippen LogP contribution in [-0.4, -0.2) is 9.55 Å². The number of aromatic nitrogens is 2. The Morgan fingerprint density at radius 3 is 2.65 bits per heavy atom. The smallest absolute Gasteiger partial charge is 0.140 e. The summed E-state index contributed by atoms with van der Waals surface area (Å²) < 4.78 is 16.1. The van der Waals surface area contributed by atoms with Gasteiger partial charge in [-0.2, -0.15) is 0 Å². The summed E-state index contributed by atoms with van der Waals surface area (Å²) in [6.45, 7) is 0.572. The standard InChI is InChI=1S/C16H12BrFN2/c17-15-13(7-4-8-14(15)18)11-20-10-9-19-16(20)12-5-2-1-3-6-12/h1-10H,11H2. The van der Waals surface area contributed by atoms with E-state index >= 15 is 0 Å². The molecule has 0 spiro atoms. The summed E-state index contributed by atoms with van der Waals surface area (Å²) in [6, 6.07) is 15.0. The van der Waals surface area contributed by atoms with Crippen LogP contribution in [0.25, 0.3) is 11.4 Å². The summed E-state index contributed by atoms with van der Waals surface area (Å²) >= 11 is 3.30. The Hall–Kier alpha value is -1.94. The van der Waals surface area contributed by atoms with E-state index < -0.39 is 0 Å². The Kier molecular flexibility index (Phi) is 3.65. The largest absolute Gasteiger partial charge is 0.327 e. The minimum Gasteiger partial charge on any atom is -0.327 e. The maximum Gasteiger partial charge on any atom is 0.140 e. The maximum absolute atomic E-state index is 13.6. The lowest BCUT2D eigenvalue weighted by atomic mass is 10.2. The fourth-order valence-electron chi connectivity index (χ4n) is 2.14. The van der Waals surface area contributed by atoms with Crippen LogP contribution in [-0.2, 0) is 6.54 Å². The molecule has 0 atom stereocenters. The van der Waals surface area contributed by atoms with Crippen LogP contribution in [0.2, 0.25) is 0 Å². The lowest BCUT2D eigenvalue weighted by Crippen LogP contribution is -2.02. The summed E-state index contributed by atoms with van der Waals surface area (Å²) in [5, 5.41) is 0. The molecule has 2 nitrogen and oxygen atoms in total. The van der Waals surface area contributed by atoms with Crippen molar-refractivity contribution in [1.82, 2.24) is 9.55 Å². The molecule has 0 aliphatic carbocycles. The third-order valence-electron chi connectivity index (χ3n) is 3.12. The second-order valence-corrected chi connectivity index (χ2v) is 5.25. The van der Waals surface area contributed by atoms with E-state index in [1.54, 1.807) is 12.3 Å². The van der Waals surface area contributed by atoms with Crippen LogP contribution in [0.1, 0.15) is 5.56 Å². The topological polar surface area (TPSA) is 17.8 Å². The van der Waals surface area contributed by atoms with Crippen molar-refractivity contribution in [3.05, 3.63) is 76.8 Å². The SMILES string of the molecule is Fc1cccc(Cn2ccnc2-c2ccccc2)c1Br. The third kappa shape index (κ3) is 2.51. The highest BCUT2D eigenvalue weighted by molar-refractivity contribution is 9.10. The van der Waals surface area contributed by atoms with E-state index in [0.29, 0.717) is 11.0 Å². The minimum absolute atomic E-state index is 0.246. The number of hydrogen-bond donors (Lipinski definition) is 0. The summed E-state index contributed by atoms with van der Waals surface area (Å²) in [4.78, 5) is 4.39. The second kappa shape index (κ2) is 5.59. The predicted molar refractivity (Wildman–Crippen MR) is 80.9 cm³/mol. The minimum atomic E-state index is -0.246. The molecule has 2 aromatic carbocycles. The van der Waals surface area contributed by atoms with E-state index in [2.05, 4.69) is 20.9 Å². The molecule has 0 amide bonds. The Balaban J connectivity index is 1.97. The van der Waals surface area contributed by atoms with Gasteiger partial charge in [-0.05, 0) is 27.6 Å². The molecule has 100 valence electrons. The highest BCUT2D eigenvalue weighted by Crippen LogP contribution is 2.24. The lowest BCUT2D eigenvalue weighted by molar-refractivity contribution is 0.616. The van der Waals surface area contributed by atoms with Gasteiger partial charge in [0, 0.05) is 18.0 Å². The first-order valence-electron chi connectivity index (χ1n) is 6.25. The van der Waals surface area contributed by atoms with Crippen LogP contribution in [0.3, 0.4) is 0 Å².